The van der Waals surface area contributed by atoms with Crippen LogP contribution in [0.15, 0.2) is 12.2 Å². The van der Waals surface area contributed by atoms with Gasteiger partial charge in [-0.3, -0.25) is 0 Å². The molecular weight excluding hydrogens is 203 g/mol. The molecule has 84 valence electrons. The summed E-state index contributed by atoms with van der Waals surface area (Å²) in [7, 11) is 0. The molecule has 0 saturated carbocycles. The average molecular weight is 216 g/mol. The van der Waals surface area contributed by atoms with Crippen molar-refractivity contribution in [2.24, 2.45) is 11.3 Å². The third kappa shape index (κ3) is 4.58. The third-order valence-corrected chi connectivity index (χ3v) is 1.95. The molecule has 0 heterocycles. The molecule has 0 nitrogen and oxygen atoms in total. The van der Waals surface area contributed by atoms with Gasteiger partial charge in [-0.2, -0.15) is 22.0 Å². The van der Waals surface area contributed by atoms with E-state index in [0.717, 1.165) is 0 Å². The first-order chi connectivity index (χ1) is 6.05. The Hall–Kier alpha value is -0.610. The Bertz CT molecular complexity index is 190. The molecule has 0 rings (SSSR count). The fourth-order valence-electron chi connectivity index (χ4n) is 1.19. The van der Waals surface area contributed by atoms with Crippen LogP contribution in [0.25, 0.3) is 0 Å². The highest BCUT2D eigenvalue weighted by Gasteiger charge is 2.45. The van der Waals surface area contributed by atoms with Crippen molar-refractivity contribution in [3.05, 3.63) is 12.2 Å². The molecule has 0 spiro atoms. The van der Waals surface area contributed by atoms with Crippen LogP contribution in [-0.4, -0.2) is 6.18 Å². The standard InChI is InChI=1S/C9H13F5/c1-8(2,3)6(9(12,13)14)4-5-7(10)11/h5-6H,4H2,1-3H3. The lowest BCUT2D eigenvalue weighted by Gasteiger charge is -2.31. The first kappa shape index (κ1) is 13.4. The Balaban J connectivity index is 4.69. The summed E-state index contributed by atoms with van der Waals surface area (Å²) in [6.07, 6.45) is -6.85. The molecule has 0 aliphatic heterocycles. The van der Waals surface area contributed by atoms with Crippen LogP contribution in [0.5, 0.6) is 0 Å². The smallest absolute Gasteiger partial charge is 0.174 e. The van der Waals surface area contributed by atoms with Crippen LogP contribution in [0.3, 0.4) is 0 Å². The molecule has 0 aliphatic rings. The number of hydrogen-bond acceptors (Lipinski definition) is 0. The van der Waals surface area contributed by atoms with Crippen LogP contribution in [0.1, 0.15) is 27.2 Å². The SMILES string of the molecule is CC(C)(C)C(CC=C(F)F)C(F)(F)F. The first-order valence-corrected chi connectivity index (χ1v) is 4.13. The molecule has 0 aromatic rings. The highest BCUT2D eigenvalue weighted by Crippen LogP contribution is 2.42. The van der Waals surface area contributed by atoms with Gasteiger partial charge in [-0.15, -0.1) is 0 Å². The van der Waals surface area contributed by atoms with Gasteiger partial charge in [0.25, 0.3) is 6.08 Å². The number of halogens is 5. The maximum Gasteiger partial charge on any atom is 0.392 e. The van der Waals surface area contributed by atoms with E-state index in [1.807, 2.05) is 0 Å². The molecule has 0 aromatic carbocycles. The topological polar surface area (TPSA) is 0 Å². The number of hydrogen-bond donors (Lipinski definition) is 0. The zero-order chi connectivity index (χ0) is 11.6. The van der Waals surface area contributed by atoms with Crippen molar-refractivity contribution in [1.29, 1.82) is 0 Å². The largest absolute Gasteiger partial charge is 0.392 e. The molecule has 1 atom stereocenters. The van der Waals surface area contributed by atoms with Crippen LogP contribution in [-0.2, 0) is 0 Å². The van der Waals surface area contributed by atoms with E-state index in [2.05, 4.69) is 0 Å². The van der Waals surface area contributed by atoms with E-state index in [0.29, 0.717) is 6.08 Å². The molecule has 0 saturated heterocycles. The van der Waals surface area contributed by atoms with Gasteiger partial charge in [-0.05, 0) is 17.9 Å². The zero-order valence-corrected chi connectivity index (χ0v) is 8.25. The van der Waals surface area contributed by atoms with Crippen molar-refractivity contribution in [1.82, 2.24) is 0 Å². The number of rotatable bonds is 2. The molecule has 0 aromatic heterocycles. The summed E-state index contributed by atoms with van der Waals surface area (Å²) in [4.78, 5) is 0. The molecule has 0 N–H and O–H groups in total. The van der Waals surface area contributed by atoms with Crippen molar-refractivity contribution < 1.29 is 22.0 Å². The van der Waals surface area contributed by atoms with E-state index in [4.69, 9.17) is 0 Å². The minimum atomic E-state index is -4.44. The molecule has 0 aliphatic carbocycles. The Kier molecular flexibility index (Phi) is 4.09. The van der Waals surface area contributed by atoms with Crippen molar-refractivity contribution in [3.63, 3.8) is 0 Å². The van der Waals surface area contributed by atoms with Crippen LogP contribution >= 0.6 is 0 Å². The van der Waals surface area contributed by atoms with E-state index in [1.165, 1.54) is 20.8 Å². The second-order valence-electron chi connectivity index (χ2n) is 4.19. The summed E-state index contributed by atoms with van der Waals surface area (Å²) < 4.78 is 60.5. The maximum absolute atomic E-state index is 12.4. The summed E-state index contributed by atoms with van der Waals surface area (Å²) in [6.45, 7) is 4.15. The number of allylic oxidation sites excluding steroid dienone is 1. The summed E-state index contributed by atoms with van der Waals surface area (Å²) in [5.41, 5.74) is -1.07. The Morgan fingerprint density at radius 1 is 1.14 bits per heavy atom. The molecule has 14 heavy (non-hydrogen) atoms. The van der Waals surface area contributed by atoms with Gasteiger partial charge in [0.05, 0.1) is 5.92 Å². The molecular formula is C9H13F5. The summed E-state index contributed by atoms with van der Waals surface area (Å²) >= 11 is 0. The van der Waals surface area contributed by atoms with Crippen molar-refractivity contribution in [2.75, 3.05) is 0 Å². The summed E-state index contributed by atoms with van der Waals surface area (Å²) in [6, 6.07) is 0. The van der Waals surface area contributed by atoms with Gasteiger partial charge < -0.3 is 0 Å². The van der Waals surface area contributed by atoms with E-state index in [9.17, 15) is 22.0 Å². The van der Waals surface area contributed by atoms with Gasteiger partial charge in [0.2, 0.25) is 0 Å². The summed E-state index contributed by atoms with van der Waals surface area (Å²) in [5, 5.41) is 0. The lowest BCUT2D eigenvalue weighted by Crippen LogP contribution is -2.34. The van der Waals surface area contributed by atoms with E-state index < -0.39 is 30.0 Å². The van der Waals surface area contributed by atoms with Crippen molar-refractivity contribution >= 4 is 0 Å². The molecule has 0 radical (unpaired) electrons. The Morgan fingerprint density at radius 2 is 1.57 bits per heavy atom. The minimum Gasteiger partial charge on any atom is -0.174 e. The van der Waals surface area contributed by atoms with Gasteiger partial charge >= 0.3 is 6.18 Å². The van der Waals surface area contributed by atoms with Crippen molar-refractivity contribution in [2.45, 2.75) is 33.4 Å². The predicted molar refractivity (Wildman–Crippen MR) is 43.9 cm³/mol. The van der Waals surface area contributed by atoms with Crippen LogP contribution < -0.4 is 0 Å². The van der Waals surface area contributed by atoms with E-state index in [-0.39, 0.29) is 0 Å². The number of alkyl halides is 3. The molecule has 1 unspecified atom stereocenters. The van der Waals surface area contributed by atoms with Gasteiger partial charge in [-0.1, -0.05) is 20.8 Å². The summed E-state index contributed by atoms with van der Waals surface area (Å²) in [5.74, 6) is -1.74. The van der Waals surface area contributed by atoms with Crippen LogP contribution in [0.4, 0.5) is 22.0 Å². The third-order valence-electron chi connectivity index (χ3n) is 1.95. The first-order valence-electron chi connectivity index (χ1n) is 4.13. The van der Waals surface area contributed by atoms with Gasteiger partial charge in [0.1, 0.15) is 0 Å². The maximum atomic E-state index is 12.4. The molecule has 0 amide bonds. The lowest BCUT2D eigenvalue weighted by molar-refractivity contribution is -0.199. The minimum absolute atomic E-state index is 0.323. The molecule has 0 bridgehead atoms. The Morgan fingerprint density at radius 3 is 1.79 bits per heavy atom. The second-order valence-corrected chi connectivity index (χ2v) is 4.19. The average Bonchev–Trinajstić information content (AvgIpc) is 1.78. The Labute approximate surface area is 79.8 Å². The predicted octanol–water partition coefficient (Wildman–Crippen LogP) is 4.38. The fourth-order valence-corrected chi connectivity index (χ4v) is 1.19. The monoisotopic (exact) mass is 216 g/mol. The fraction of sp³-hybridized carbons (Fsp3) is 0.778. The van der Waals surface area contributed by atoms with Crippen molar-refractivity contribution in [3.8, 4) is 0 Å². The van der Waals surface area contributed by atoms with Crippen LogP contribution in [0, 0.1) is 11.3 Å². The molecule has 5 heteroatoms. The van der Waals surface area contributed by atoms with Gasteiger partial charge in [0, 0.05) is 0 Å². The highest BCUT2D eigenvalue weighted by molar-refractivity contribution is 4.90. The lowest BCUT2D eigenvalue weighted by atomic mass is 9.78. The molecule has 0 fully saturated rings. The van der Waals surface area contributed by atoms with E-state index in [1.54, 1.807) is 0 Å². The van der Waals surface area contributed by atoms with E-state index >= 15 is 0 Å². The van der Waals surface area contributed by atoms with Gasteiger partial charge in [0.15, 0.2) is 0 Å². The van der Waals surface area contributed by atoms with Gasteiger partial charge in [-0.25, -0.2) is 0 Å². The quantitative estimate of drug-likeness (QED) is 0.601. The zero-order valence-electron chi connectivity index (χ0n) is 8.25. The van der Waals surface area contributed by atoms with Crippen LogP contribution in [0.2, 0.25) is 0 Å². The second kappa shape index (κ2) is 4.28. The normalized spacial score (nSPS) is 15.1. The highest BCUT2D eigenvalue weighted by atomic mass is 19.4.